The highest BCUT2D eigenvalue weighted by molar-refractivity contribution is 6.03. The zero-order valence-corrected chi connectivity index (χ0v) is 74.2. The molecule has 0 radical (unpaired) electrons. The Morgan fingerprint density at radius 3 is 1.64 bits per heavy atom. The van der Waals surface area contributed by atoms with E-state index in [2.05, 4.69) is 31.9 Å². The van der Waals surface area contributed by atoms with Crippen LogP contribution in [-0.4, -0.2) is 302 Å². The second-order valence-electron chi connectivity index (χ2n) is 31.0. The minimum atomic E-state index is -1.30. The Morgan fingerprint density at radius 2 is 1.06 bits per heavy atom. The fraction of sp³-hybridized carbons (Fsp3) is 0.655. The molecule has 1 unspecified atom stereocenters. The Bertz CT molecular complexity index is 3880. The van der Waals surface area contributed by atoms with Gasteiger partial charge < -0.3 is 109 Å². The molecular weight excluding hydrogens is 1650 g/mol. The third-order valence-corrected chi connectivity index (χ3v) is 19.9. The van der Waals surface area contributed by atoms with Crippen molar-refractivity contribution < 1.29 is 133 Å². The minimum Gasteiger partial charge on any atom is -0.445 e. The highest BCUT2D eigenvalue weighted by Gasteiger charge is 2.37. The van der Waals surface area contributed by atoms with Crippen molar-refractivity contribution in [3.63, 3.8) is 0 Å². The highest BCUT2D eigenvalue weighted by Crippen LogP contribution is 2.28. The molecule has 39 heteroatoms. The van der Waals surface area contributed by atoms with Gasteiger partial charge in [0.15, 0.2) is 5.78 Å². The van der Waals surface area contributed by atoms with Gasteiger partial charge in [0.05, 0.1) is 105 Å². The number of nitrogens with two attached hydrogens (primary N) is 1. The number of Topliss-reactive ketones (excluding diaryl/α,β-unsaturated/α-hetero) is 4. The normalized spacial score (nSPS) is 13.3. The molecule has 0 saturated carbocycles. The number of rotatable bonds is 72. The number of likely N-dealkylation sites (tertiary alicyclic amines) is 1. The third kappa shape index (κ3) is 46.4. The zero-order valence-electron chi connectivity index (χ0n) is 74.2. The summed E-state index contributed by atoms with van der Waals surface area (Å²) in [4.78, 5) is 212. The lowest BCUT2D eigenvalue weighted by Crippen LogP contribution is -2.54. The number of anilines is 1. The molecule has 2 heterocycles. The number of fused-ring (bicyclic) bond motifs is 1. The Hall–Kier alpha value is -10.1. The number of unbranched alkanes of at least 4 members (excludes halogenated alkanes) is 1. The lowest BCUT2D eigenvalue weighted by Gasteiger charge is -2.33. The van der Waals surface area contributed by atoms with E-state index in [0.717, 1.165) is 4.90 Å². The number of hydrogen-bond donors (Lipinski definition) is 7. The molecule has 1 saturated heterocycles. The van der Waals surface area contributed by atoms with Gasteiger partial charge in [0, 0.05) is 199 Å². The number of amides is 11. The molecule has 1 aliphatic rings. The molecule has 1 aromatic heterocycles. The van der Waals surface area contributed by atoms with Crippen LogP contribution in [0.1, 0.15) is 155 Å². The van der Waals surface area contributed by atoms with Gasteiger partial charge in [-0.05, 0) is 80.3 Å². The smallest absolute Gasteiger partial charge is 0.415 e. The molecule has 0 bridgehead atoms. The van der Waals surface area contributed by atoms with Crippen molar-refractivity contribution in [3.8, 4) is 5.75 Å². The van der Waals surface area contributed by atoms with Crippen LogP contribution >= 0.6 is 0 Å². The second-order valence-corrected chi connectivity index (χ2v) is 31.0. The van der Waals surface area contributed by atoms with E-state index in [0.29, 0.717) is 42.7 Å². The molecule has 1 fully saturated rings. The average Bonchev–Trinajstić information content (AvgIpc) is 1.66. The largest absolute Gasteiger partial charge is 0.445 e. The molecule has 1 aliphatic heterocycles. The number of hydrogen-bond acceptors (Lipinski definition) is 29. The standard InChI is InChI=1S/C87H132N10O29/c1-61(2)81(83(110)93-71(17-9-10-19-74(88)102)82(109)91-65-24-20-63(21-25-65)57-124-85(112)95(4)38-39-96(5)86(113)125-69-26-22-64-23-29-80(108)126-73(64)55-69)94-77(105)28-27-70(92-78(106)34-43-118-49-51-120-53-52-119-50-48-117-41-13-16-66(98)30-37-97-79(107)54-62(3)84(97)111)72(101)18-11-14-68(100)56-87(58-121-42-31-67(99)15-12-40-114-6,59-122-44-32-75(103)89-35-46-115-7)60-123-45-33-76(104)90-36-47-116-8/h20-26,29,55,61-62,70-71,81H,9-19,27-28,30-54,56-60H2,1-8H3,(H2,88,102)(H,89,103)(H,90,104)(H,91,109)(H,92,106)(H,93,110)(H,94,105)/t62?,70-,71-,81-/m0/s1. The fourth-order valence-corrected chi connectivity index (χ4v) is 12.6. The first-order valence-corrected chi connectivity index (χ1v) is 42.8. The summed E-state index contributed by atoms with van der Waals surface area (Å²) < 4.78 is 71.9. The zero-order chi connectivity index (χ0) is 92.4. The van der Waals surface area contributed by atoms with E-state index in [4.69, 9.17) is 67.0 Å². The van der Waals surface area contributed by atoms with Gasteiger partial charge >= 0.3 is 17.8 Å². The maximum atomic E-state index is 14.4. The number of nitrogens with one attached hydrogen (secondary N) is 6. The lowest BCUT2D eigenvalue weighted by atomic mass is 9.83. The van der Waals surface area contributed by atoms with E-state index in [9.17, 15) is 76.7 Å². The Balaban J connectivity index is 1.41. The number of ether oxygens (including phenoxy) is 12. The maximum absolute atomic E-state index is 14.4. The molecule has 4 atom stereocenters. The number of ketones is 4. The van der Waals surface area contributed by atoms with Crippen LogP contribution in [0.15, 0.2) is 63.8 Å². The average molecular weight is 1780 g/mol. The van der Waals surface area contributed by atoms with Gasteiger partial charge in [-0.3, -0.25) is 67.2 Å². The molecule has 0 spiro atoms. The SMILES string of the molecule is COCCCC(=O)CCOCC(COCCC(=O)NCCOC)(COCCC(=O)NCCOC)CC(=O)CCCC(=O)[C@H](CCC(=O)N[C@H](C(=O)N[C@@H](CCCCC(N)=O)C(=O)Nc1ccc(COC(=O)N(C)CCN(C)C(=O)Oc2ccc3ccc(=O)oc3c2)cc1)C(C)C)NC(=O)CCOCCOCCOCCOCCCC(=O)CCN1C(=O)CC(C)C1=O. The number of benzene rings is 2. The van der Waals surface area contributed by atoms with Gasteiger partial charge in [0.1, 0.15) is 47.4 Å². The summed E-state index contributed by atoms with van der Waals surface area (Å²) in [6.07, 6.45) is -0.744. The molecule has 3 aromatic rings. The van der Waals surface area contributed by atoms with Crippen LogP contribution in [0.4, 0.5) is 15.3 Å². The first-order valence-electron chi connectivity index (χ1n) is 42.8. The van der Waals surface area contributed by atoms with Crippen LogP contribution in [0.25, 0.3) is 11.0 Å². The van der Waals surface area contributed by atoms with Crippen molar-refractivity contribution in [2.45, 2.75) is 174 Å². The molecular formula is C87H132N10O29. The summed E-state index contributed by atoms with van der Waals surface area (Å²) in [5.41, 5.74) is 4.69. The first kappa shape index (κ1) is 108. The predicted octanol–water partition coefficient (Wildman–Crippen LogP) is 4.38. The quantitative estimate of drug-likeness (QED) is 0.0234. The van der Waals surface area contributed by atoms with Gasteiger partial charge in [0.25, 0.3) is 0 Å². The number of carbonyl (C=O) groups excluding carboxylic acids is 15. The van der Waals surface area contributed by atoms with E-state index in [-0.39, 0.29) is 306 Å². The third-order valence-electron chi connectivity index (χ3n) is 19.9. The summed E-state index contributed by atoms with van der Waals surface area (Å²) in [5, 5.41) is 17.1. The van der Waals surface area contributed by atoms with Crippen molar-refractivity contribution in [1.29, 1.82) is 0 Å². The Labute approximate surface area is 735 Å². The predicted molar refractivity (Wildman–Crippen MR) is 457 cm³/mol. The van der Waals surface area contributed by atoms with E-state index in [1.165, 1.54) is 57.4 Å². The highest BCUT2D eigenvalue weighted by atomic mass is 16.6. The maximum Gasteiger partial charge on any atom is 0.415 e. The number of imide groups is 1. The summed E-state index contributed by atoms with van der Waals surface area (Å²) in [7, 11) is 7.49. The van der Waals surface area contributed by atoms with Crippen molar-refractivity contribution in [1.82, 2.24) is 41.3 Å². The van der Waals surface area contributed by atoms with Crippen LogP contribution < -0.4 is 48.0 Å². The minimum absolute atomic E-state index is 0.00170. The van der Waals surface area contributed by atoms with Crippen LogP contribution in [0, 0.1) is 17.3 Å². The van der Waals surface area contributed by atoms with Gasteiger partial charge in [-0.15, -0.1) is 0 Å². The van der Waals surface area contributed by atoms with Gasteiger partial charge in [-0.25, -0.2) is 14.4 Å². The van der Waals surface area contributed by atoms with Crippen LogP contribution in [-0.2, 0) is 121 Å². The molecule has 704 valence electrons. The van der Waals surface area contributed by atoms with Crippen LogP contribution in [0.2, 0.25) is 0 Å². The molecule has 126 heavy (non-hydrogen) atoms. The van der Waals surface area contributed by atoms with Gasteiger partial charge in [-0.1, -0.05) is 39.3 Å². The summed E-state index contributed by atoms with van der Waals surface area (Å²) >= 11 is 0. The second kappa shape index (κ2) is 62.9. The van der Waals surface area contributed by atoms with Crippen molar-refractivity contribution in [2.75, 3.05) is 186 Å². The van der Waals surface area contributed by atoms with Crippen LogP contribution in [0.5, 0.6) is 5.75 Å². The van der Waals surface area contributed by atoms with Crippen molar-refractivity contribution >= 4 is 105 Å². The van der Waals surface area contributed by atoms with Crippen molar-refractivity contribution in [2.24, 2.45) is 23.0 Å². The van der Waals surface area contributed by atoms with E-state index < -0.39 is 89.0 Å². The molecule has 2 aromatic carbocycles. The number of primary amides is 1. The van der Waals surface area contributed by atoms with E-state index >= 15 is 0 Å². The molecule has 39 nitrogen and oxygen atoms in total. The first-order chi connectivity index (χ1) is 60.4. The summed E-state index contributed by atoms with van der Waals surface area (Å²) in [6.45, 7) is 7.34. The Morgan fingerprint density at radius 1 is 0.516 bits per heavy atom. The summed E-state index contributed by atoms with van der Waals surface area (Å²) in [5.74, 6) is -6.26. The van der Waals surface area contributed by atoms with Crippen molar-refractivity contribution in [3.05, 3.63) is 70.6 Å². The Kier molecular flexibility index (Phi) is 54.1. The van der Waals surface area contributed by atoms with Gasteiger partial charge in [0.2, 0.25) is 53.2 Å². The lowest BCUT2D eigenvalue weighted by molar-refractivity contribution is -0.140. The number of methoxy groups -OCH3 is 3. The number of nitrogens with zero attached hydrogens (tertiary/aromatic N) is 3. The number of carbonyl (C=O) groups is 15. The van der Waals surface area contributed by atoms with E-state index in [1.807, 2.05) is 0 Å². The molecule has 8 N–H and O–H groups in total. The summed E-state index contributed by atoms with van der Waals surface area (Å²) in [6, 6.07) is 10.00. The topological polar surface area (TPSA) is 505 Å². The molecule has 4 rings (SSSR count). The van der Waals surface area contributed by atoms with Gasteiger partial charge in [-0.2, -0.15) is 0 Å². The van der Waals surface area contributed by atoms with Crippen LogP contribution in [0.3, 0.4) is 0 Å². The number of likely N-dealkylation sites (N-methyl/N-ethyl adjacent to an activating group) is 2. The molecule has 11 amide bonds. The van der Waals surface area contributed by atoms with E-state index in [1.54, 1.807) is 63.2 Å². The fourth-order valence-electron chi connectivity index (χ4n) is 12.6. The molecule has 0 aliphatic carbocycles. The monoisotopic (exact) mass is 1780 g/mol.